The van der Waals surface area contributed by atoms with E-state index in [4.69, 9.17) is 11.6 Å². The maximum Gasteiger partial charge on any atom is 0.225 e. The van der Waals surface area contributed by atoms with Crippen LogP contribution in [0.4, 0.5) is 5.82 Å². The van der Waals surface area contributed by atoms with Crippen LogP contribution in [0, 0.1) is 5.92 Å². The highest BCUT2D eigenvalue weighted by atomic mass is 35.5. The number of nitrogens with zero attached hydrogens (tertiary/aromatic N) is 3. The molecule has 0 bridgehead atoms. The van der Waals surface area contributed by atoms with Crippen LogP contribution in [0.5, 0.6) is 5.75 Å². The highest BCUT2D eigenvalue weighted by molar-refractivity contribution is 6.30. The van der Waals surface area contributed by atoms with Crippen LogP contribution in [0.2, 0.25) is 5.02 Å². The molecule has 1 aliphatic rings. The first-order valence-corrected chi connectivity index (χ1v) is 8.80. The van der Waals surface area contributed by atoms with Gasteiger partial charge in [-0.2, -0.15) is 0 Å². The van der Waals surface area contributed by atoms with Crippen molar-refractivity contribution in [1.29, 1.82) is 0 Å². The van der Waals surface area contributed by atoms with Gasteiger partial charge >= 0.3 is 0 Å². The lowest BCUT2D eigenvalue weighted by atomic mass is 9.95. The molecule has 0 spiro atoms. The van der Waals surface area contributed by atoms with Crippen molar-refractivity contribution in [1.82, 2.24) is 9.88 Å². The maximum absolute atomic E-state index is 12.7. The Hall–Kier alpha value is -2.27. The van der Waals surface area contributed by atoms with Gasteiger partial charge in [-0.25, -0.2) is 4.98 Å². The Balaban J connectivity index is 1.53. The molecule has 6 heteroatoms. The minimum atomic E-state index is 0.0469. The molecule has 1 amide bonds. The first-order valence-electron chi connectivity index (χ1n) is 8.42. The third kappa shape index (κ3) is 4.42. The van der Waals surface area contributed by atoms with Crippen molar-refractivity contribution in [3.05, 3.63) is 53.2 Å². The largest absolute Gasteiger partial charge is 0.508 e. The Morgan fingerprint density at radius 3 is 2.52 bits per heavy atom. The fourth-order valence-corrected chi connectivity index (χ4v) is 3.29. The molecular weight excluding hydrogens is 338 g/mol. The van der Waals surface area contributed by atoms with Crippen LogP contribution in [0.3, 0.4) is 0 Å². The van der Waals surface area contributed by atoms with E-state index in [9.17, 15) is 9.90 Å². The van der Waals surface area contributed by atoms with Crippen molar-refractivity contribution >= 4 is 23.3 Å². The lowest BCUT2D eigenvalue weighted by Crippen LogP contribution is -2.41. The van der Waals surface area contributed by atoms with Gasteiger partial charge in [-0.05, 0) is 42.7 Å². The van der Waals surface area contributed by atoms with Gasteiger partial charge in [0.2, 0.25) is 5.91 Å². The molecule has 2 aromatic rings. The molecule has 5 nitrogen and oxygen atoms in total. The molecule has 0 saturated carbocycles. The minimum Gasteiger partial charge on any atom is -0.508 e. The van der Waals surface area contributed by atoms with E-state index in [0.717, 1.165) is 37.3 Å². The number of carbonyl (C=O) groups excluding carboxylic acids is 1. The number of carbonyl (C=O) groups is 1. The van der Waals surface area contributed by atoms with Crippen molar-refractivity contribution in [2.75, 3.05) is 25.0 Å². The van der Waals surface area contributed by atoms with Crippen LogP contribution < -0.4 is 4.90 Å². The SMILES string of the molecule is CN(Cc1ccc(O)cc1)C(=O)C1CCN(c2ccc(Cl)cn2)CC1. The molecule has 0 unspecified atom stereocenters. The quantitative estimate of drug-likeness (QED) is 0.909. The van der Waals surface area contributed by atoms with Gasteiger partial charge < -0.3 is 14.9 Å². The Bertz CT molecular complexity index is 710. The van der Waals surface area contributed by atoms with E-state index in [2.05, 4.69) is 9.88 Å². The molecule has 1 fully saturated rings. The van der Waals surface area contributed by atoms with Gasteiger partial charge in [0.05, 0.1) is 5.02 Å². The fourth-order valence-electron chi connectivity index (χ4n) is 3.18. The van der Waals surface area contributed by atoms with E-state index >= 15 is 0 Å². The topological polar surface area (TPSA) is 56.7 Å². The highest BCUT2D eigenvalue weighted by Gasteiger charge is 2.27. The van der Waals surface area contributed by atoms with Gasteiger partial charge in [0.15, 0.2) is 0 Å². The van der Waals surface area contributed by atoms with Crippen LogP contribution >= 0.6 is 11.6 Å². The summed E-state index contributed by atoms with van der Waals surface area (Å²) in [5, 5.41) is 9.97. The number of halogens is 1. The summed E-state index contributed by atoms with van der Waals surface area (Å²) in [6.45, 7) is 2.19. The molecule has 132 valence electrons. The predicted octanol–water partition coefficient (Wildman–Crippen LogP) is 3.32. The van der Waals surface area contributed by atoms with E-state index in [1.807, 2.05) is 31.3 Å². The summed E-state index contributed by atoms with van der Waals surface area (Å²) in [6.07, 6.45) is 3.30. The Labute approximate surface area is 152 Å². The monoisotopic (exact) mass is 359 g/mol. The molecule has 3 rings (SSSR count). The van der Waals surface area contributed by atoms with Gasteiger partial charge in [0.25, 0.3) is 0 Å². The number of benzene rings is 1. The summed E-state index contributed by atoms with van der Waals surface area (Å²) in [5.74, 6) is 1.37. The zero-order valence-corrected chi connectivity index (χ0v) is 15.0. The number of aromatic hydroxyl groups is 1. The summed E-state index contributed by atoms with van der Waals surface area (Å²) < 4.78 is 0. The molecule has 25 heavy (non-hydrogen) atoms. The maximum atomic E-state index is 12.7. The third-order valence-electron chi connectivity index (χ3n) is 4.61. The minimum absolute atomic E-state index is 0.0469. The number of pyridine rings is 1. The Morgan fingerprint density at radius 1 is 1.24 bits per heavy atom. The first-order chi connectivity index (χ1) is 12.0. The predicted molar refractivity (Wildman–Crippen MR) is 98.8 cm³/mol. The van der Waals surface area contributed by atoms with E-state index in [0.29, 0.717) is 11.6 Å². The number of phenols is 1. The van der Waals surface area contributed by atoms with Crippen molar-refractivity contribution in [3.63, 3.8) is 0 Å². The zero-order chi connectivity index (χ0) is 17.8. The third-order valence-corrected chi connectivity index (χ3v) is 4.84. The summed E-state index contributed by atoms with van der Waals surface area (Å²) in [6, 6.07) is 10.7. The standard InChI is InChI=1S/C19H22ClN3O2/c1-22(13-14-2-5-17(24)6-3-14)19(25)15-8-10-23(11-9-15)18-7-4-16(20)12-21-18/h2-7,12,15,24H,8-11,13H2,1H3. The molecule has 1 aliphatic heterocycles. The van der Waals surface area contributed by atoms with Crippen LogP contribution in [0.1, 0.15) is 18.4 Å². The number of hydrogen-bond acceptors (Lipinski definition) is 4. The van der Waals surface area contributed by atoms with Crippen LogP contribution in [0.15, 0.2) is 42.6 Å². The second kappa shape index (κ2) is 7.74. The van der Waals surface area contributed by atoms with Crippen LogP contribution in [0.25, 0.3) is 0 Å². The number of aromatic nitrogens is 1. The van der Waals surface area contributed by atoms with Crippen molar-refractivity contribution in [2.45, 2.75) is 19.4 Å². The molecule has 0 atom stereocenters. The molecule has 1 aromatic heterocycles. The normalized spacial score (nSPS) is 15.2. The molecule has 2 heterocycles. The first kappa shape index (κ1) is 17.5. The lowest BCUT2D eigenvalue weighted by molar-refractivity contribution is -0.135. The van der Waals surface area contributed by atoms with E-state index in [1.165, 1.54) is 0 Å². The second-order valence-corrected chi connectivity index (χ2v) is 6.89. The van der Waals surface area contributed by atoms with Crippen molar-refractivity contribution in [2.24, 2.45) is 5.92 Å². The number of rotatable bonds is 4. The molecule has 1 aromatic carbocycles. The highest BCUT2D eigenvalue weighted by Crippen LogP contribution is 2.24. The summed E-state index contributed by atoms with van der Waals surface area (Å²) >= 11 is 5.88. The molecule has 1 N–H and O–H groups in total. The summed E-state index contributed by atoms with van der Waals surface area (Å²) in [5.41, 5.74) is 1.01. The molecular formula is C19H22ClN3O2. The number of hydrogen-bond donors (Lipinski definition) is 1. The van der Waals surface area contributed by atoms with Crippen LogP contribution in [-0.2, 0) is 11.3 Å². The van der Waals surface area contributed by atoms with Crippen LogP contribution in [-0.4, -0.2) is 41.0 Å². The van der Waals surface area contributed by atoms with E-state index in [-0.39, 0.29) is 17.6 Å². The zero-order valence-electron chi connectivity index (χ0n) is 14.2. The van der Waals surface area contributed by atoms with Gasteiger partial charge in [-0.15, -0.1) is 0 Å². The fraction of sp³-hybridized carbons (Fsp3) is 0.368. The number of amides is 1. The Kier molecular flexibility index (Phi) is 5.43. The van der Waals surface area contributed by atoms with Gasteiger partial charge in [0.1, 0.15) is 11.6 Å². The smallest absolute Gasteiger partial charge is 0.225 e. The van der Waals surface area contributed by atoms with Gasteiger partial charge in [-0.3, -0.25) is 4.79 Å². The van der Waals surface area contributed by atoms with Gasteiger partial charge in [-0.1, -0.05) is 23.7 Å². The summed E-state index contributed by atoms with van der Waals surface area (Å²) in [4.78, 5) is 21.0. The molecule has 0 aliphatic carbocycles. The lowest BCUT2D eigenvalue weighted by Gasteiger charge is -2.34. The second-order valence-electron chi connectivity index (χ2n) is 6.46. The average molecular weight is 360 g/mol. The van der Waals surface area contributed by atoms with E-state index in [1.54, 1.807) is 23.2 Å². The number of anilines is 1. The number of piperidine rings is 1. The summed E-state index contributed by atoms with van der Waals surface area (Å²) in [7, 11) is 1.84. The van der Waals surface area contributed by atoms with E-state index < -0.39 is 0 Å². The average Bonchev–Trinajstić information content (AvgIpc) is 2.64. The van der Waals surface area contributed by atoms with Gasteiger partial charge in [0, 0.05) is 38.8 Å². The van der Waals surface area contributed by atoms with Crippen molar-refractivity contribution < 1.29 is 9.90 Å². The number of phenolic OH excluding ortho intramolecular Hbond substituents is 1. The van der Waals surface area contributed by atoms with Crippen molar-refractivity contribution in [3.8, 4) is 5.75 Å². The molecule has 0 radical (unpaired) electrons. The molecule has 1 saturated heterocycles. The Morgan fingerprint density at radius 2 is 1.92 bits per heavy atom.